The summed E-state index contributed by atoms with van der Waals surface area (Å²) in [4.78, 5) is 22.9. The van der Waals surface area contributed by atoms with Gasteiger partial charge in [0.1, 0.15) is 11.9 Å². The molecule has 2 unspecified atom stereocenters. The van der Waals surface area contributed by atoms with E-state index in [0.29, 0.717) is 18.9 Å². The van der Waals surface area contributed by atoms with Crippen LogP contribution in [-0.2, 0) is 6.54 Å². The van der Waals surface area contributed by atoms with Crippen LogP contribution in [0, 0.1) is 0 Å². The summed E-state index contributed by atoms with van der Waals surface area (Å²) in [7, 11) is 0. The van der Waals surface area contributed by atoms with Crippen LogP contribution >= 0.6 is 0 Å². The molecule has 1 saturated heterocycles. The number of aromatic nitrogens is 2. The average molecular weight is 434 g/mol. The number of nitrogens with one attached hydrogen (secondary N) is 1. The van der Waals surface area contributed by atoms with Crippen molar-refractivity contribution in [2.75, 3.05) is 19.7 Å². The Labute approximate surface area is 189 Å². The summed E-state index contributed by atoms with van der Waals surface area (Å²) in [6, 6.07) is 9.91. The second-order valence-electron chi connectivity index (χ2n) is 8.18. The number of amides is 2. The van der Waals surface area contributed by atoms with Gasteiger partial charge in [-0.25, -0.2) is 9.78 Å². The highest BCUT2D eigenvalue weighted by atomic mass is 16.3. The molecule has 0 bridgehead atoms. The lowest BCUT2D eigenvalue weighted by atomic mass is 9.85. The summed E-state index contributed by atoms with van der Waals surface area (Å²) >= 11 is 0. The number of carbonyl (C=O) groups is 1. The lowest BCUT2D eigenvalue weighted by molar-refractivity contribution is 0.174. The SMILES string of the molecule is O=C1NC(=NCCC(C2=CCCC=C2)c2ccccc2)C(CO)N1CCCn1ccnc1. The van der Waals surface area contributed by atoms with Crippen molar-refractivity contribution in [3.63, 3.8) is 0 Å². The number of aryl methyl sites for hydroxylation is 1. The minimum absolute atomic E-state index is 0.140. The zero-order valence-electron chi connectivity index (χ0n) is 18.3. The maximum Gasteiger partial charge on any atom is 0.323 e. The second-order valence-corrected chi connectivity index (χ2v) is 8.18. The molecule has 2 heterocycles. The molecule has 1 aliphatic heterocycles. The lowest BCUT2D eigenvalue weighted by Crippen LogP contribution is -2.38. The summed E-state index contributed by atoms with van der Waals surface area (Å²) in [6.07, 6.45) is 16.0. The van der Waals surface area contributed by atoms with Crippen LogP contribution < -0.4 is 5.32 Å². The molecule has 2 aromatic rings. The summed E-state index contributed by atoms with van der Waals surface area (Å²) in [5, 5.41) is 12.8. The summed E-state index contributed by atoms with van der Waals surface area (Å²) in [5.41, 5.74) is 2.61. The molecule has 1 aromatic carbocycles. The van der Waals surface area contributed by atoms with E-state index in [1.165, 1.54) is 11.1 Å². The molecule has 0 radical (unpaired) electrons. The van der Waals surface area contributed by atoms with Crippen LogP contribution in [-0.4, -0.2) is 57.2 Å². The highest BCUT2D eigenvalue weighted by Crippen LogP contribution is 2.31. The smallest absolute Gasteiger partial charge is 0.323 e. The number of hydrogen-bond donors (Lipinski definition) is 2. The number of aliphatic hydroxyl groups is 1. The largest absolute Gasteiger partial charge is 0.394 e. The standard InChI is InChI=1S/C25H31N5O2/c31-18-23-24(28-25(32)30(23)16-7-15-29-17-14-26-19-29)27-13-12-22(20-8-3-1-4-9-20)21-10-5-2-6-11-21/h1,3-5,8-11,14,17,19,22-23,31H,2,6-7,12-13,15-16,18H2,(H,27,28,32). The van der Waals surface area contributed by atoms with Crippen molar-refractivity contribution >= 4 is 11.9 Å². The van der Waals surface area contributed by atoms with Crippen molar-refractivity contribution in [3.05, 3.63) is 78.4 Å². The number of aliphatic imine (C=N–C) groups is 1. The number of aliphatic hydroxyl groups excluding tert-OH is 1. The van der Waals surface area contributed by atoms with Gasteiger partial charge in [0.05, 0.1) is 12.9 Å². The minimum atomic E-state index is -0.408. The minimum Gasteiger partial charge on any atom is -0.394 e. The Hall–Kier alpha value is -3.19. The predicted octanol–water partition coefficient (Wildman–Crippen LogP) is 3.51. The van der Waals surface area contributed by atoms with Crippen molar-refractivity contribution in [2.24, 2.45) is 4.99 Å². The Balaban J connectivity index is 1.39. The molecule has 1 fully saturated rings. The van der Waals surface area contributed by atoms with Gasteiger partial charge in [-0.15, -0.1) is 0 Å². The van der Waals surface area contributed by atoms with Gasteiger partial charge in [-0.1, -0.05) is 48.6 Å². The molecule has 2 amide bonds. The Morgan fingerprint density at radius 2 is 2.09 bits per heavy atom. The Bertz CT molecular complexity index is 965. The molecular formula is C25H31N5O2. The van der Waals surface area contributed by atoms with Gasteiger partial charge in [-0.3, -0.25) is 10.3 Å². The molecule has 1 aliphatic carbocycles. The zero-order chi connectivity index (χ0) is 22.2. The molecule has 4 rings (SSSR count). The van der Waals surface area contributed by atoms with Crippen LogP contribution in [0.5, 0.6) is 0 Å². The van der Waals surface area contributed by atoms with Crippen molar-refractivity contribution in [1.82, 2.24) is 19.8 Å². The molecule has 7 nitrogen and oxygen atoms in total. The van der Waals surface area contributed by atoms with Crippen LogP contribution in [0.15, 0.2) is 77.8 Å². The van der Waals surface area contributed by atoms with E-state index in [0.717, 1.165) is 32.2 Å². The number of nitrogens with zero attached hydrogens (tertiary/aromatic N) is 4. The third-order valence-electron chi connectivity index (χ3n) is 6.06. The molecule has 2 atom stereocenters. The number of urea groups is 1. The van der Waals surface area contributed by atoms with Crippen molar-refractivity contribution in [3.8, 4) is 0 Å². The third-order valence-corrected chi connectivity index (χ3v) is 6.06. The molecule has 168 valence electrons. The topological polar surface area (TPSA) is 82.7 Å². The van der Waals surface area contributed by atoms with E-state index in [1.54, 1.807) is 17.4 Å². The fourth-order valence-electron chi connectivity index (χ4n) is 4.40. The first-order valence-electron chi connectivity index (χ1n) is 11.4. The Morgan fingerprint density at radius 3 is 2.81 bits per heavy atom. The van der Waals surface area contributed by atoms with Gasteiger partial charge in [0.25, 0.3) is 0 Å². The van der Waals surface area contributed by atoms with Crippen LogP contribution in [0.2, 0.25) is 0 Å². The molecular weight excluding hydrogens is 402 g/mol. The Kier molecular flexibility index (Phi) is 7.51. The van der Waals surface area contributed by atoms with Crippen LogP contribution in [0.3, 0.4) is 0 Å². The first kappa shape index (κ1) is 22.0. The number of carbonyl (C=O) groups excluding carboxylic acids is 1. The fraction of sp³-hybridized carbons (Fsp3) is 0.400. The summed E-state index contributed by atoms with van der Waals surface area (Å²) in [6.45, 7) is 1.77. The van der Waals surface area contributed by atoms with E-state index in [1.807, 2.05) is 16.8 Å². The van der Waals surface area contributed by atoms with Crippen LogP contribution in [0.1, 0.15) is 37.2 Å². The van der Waals surface area contributed by atoms with Gasteiger partial charge in [0.2, 0.25) is 0 Å². The van der Waals surface area contributed by atoms with E-state index in [-0.39, 0.29) is 18.6 Å². The molecule has 0 spiro atoms. The molecule has 1 aromatic heterocycles. The van der Waals surface area contributed by atoms with Crippen molar-refractivity contribution in [1.29, 1.82) is 0 Å². The van der Waals surface area contributed by atoms with E-state index in [9.17, 15) is 9.90 Å². The first-order chi connectivity index (χ1) is 15.8. The van der Waals surface area contributed by atoms with Gasteiger partial charge in [-0.2, -0.15) is 0 Å². The Morgan fingerprint density at radius 1 is 1.22 bits per heavy atom. The highest BCUT2D eigenvalue weighted by Gasteiger charge is 2.35. The van der Waals surface area contributed by atoms with Crippen LogP contribution in [0.4, 0.5) is 4.79 Å². The number of hydrogen-bond acceptors (Lipinski definition) is 4. The quantitative estimate of drug-likeness (QED) is 0.602. The molecule has 32 heavy (non-hydrogen) atoms. The lowest BCUT2D eigenvalue weighted by Gasteiger charge is -2.22. The molecule has 7 heteroatoms. The summed E-state index contributed by atoms with van der Waals surface area (Å²) in [5.74, 6) is 0.841. The number of amidine groups is 1. The first-order valence-corrected chi connectivity index (χ1v) is 11.4. The molecule has 2 N–H and O–H groups in total. The zero-order valence-corrected chi connectivity index (χ0v) is 18.3. The van der Waals surface area contributed by atoms with Gasteiger partial charge < -0.3 is 14.6 Å². The van der Waals surface area contributed by atoms with E-state index < -0.39 is 6.04 Å². The fourth-order valence-corrected chi connectivity index (χ4v) is 4.40. The number of imidazole rings is 1. The van der Waals surface area contributed by atoms with Crippen molar-refractivity contribution in [2.45, 2.75) is 44.2 Å². The van der Waals surface area contributed by atoms with Crippen LogP contribution in [0.25, 0.3) is 0 Å². The second kappa shape index (κ2) is 10.9. The number of allylic oxidation sites excluding steroid dienone is 4. The van der Waals surface area contributed by atoms with Crippen molar-refractivity contribution < 1.29 is 9.90 Å². The number of benzene rings is 1. The molecule has 2 aliphatic rings. The van der Waals surface area contributed by atoms with E-state index in [4.69, 9.17) is 4.99 Å². The summed E-state index contributed by atoms with van der Waals surface area (Å²) < 4.78 is 1.98. The van der Waals surface area contributed by atoms with Gasteiger partial charge in [0, 0.05) is 37.9 Å². The molecule has 0 saturated carbocycles. The van der Waals surface area contributed by atoms with Gasteiger partial charge in [-0.05, 0) is 36.8 Å². The maximum absolute atomic E-state index is 12.5. The predicted molar refractivity (Wildman–Crippen MR) is 126 cm³/mol. The monoisotopic (exact) mass is 433 g/mol. The normalized spacial score (nSPS) is 20.5. The van der Waals surface area contributed by atoms with Gasteiger partial charge >= 0.3 is 6.03 Å². The highest BCUT2D eigenvalue weighted by molar-refractivity contribution is 6.07. The average Bonchev–Trinajstić information content (AvgIpc) is 3.45. The van der Waals surface area contributed by atoms with Gasteiger partial charge in [0.15, 0.2) is 0 Å². The van der Waals surface area contributed by atoms with E-state index >= 15 is 0 Å². The number of rotatable bonds is 10. The van der Waals surface area contributed by atoms with E-state index in [2.05, 4.69) is 52.8 Å². The third kappa shape index (κ3) is 5.34. The maximum atomic E-state index is 12.5.